The molecule has 1 N–H and O–H groups in total. The van der Waals surface area contributed by atoms with Crippen LogP contribution in [0.4, 0.5) is 0 Å². The Balaban J connectivity index is 2.27. The van der Waals surface area contributed by atoms with Crippen molar-refractivity contribution < 1.29 is 4.74 Å². The van der Waals surface area contributed by atoms with Crippen molar-refractivity contribution in [1.29, 1.82) is 0 Å². The van der Waals surface area contributed by atoms with Crippen molar-refractivity contribution in [2.75, 3.05) is 20.2 Å². The summed E-state index contributed by atoms with van der Waals surface area (Å²) in [4.78, 5) is 0. The number of ether oxygens (including phenoxy) is 1. The highest BCUT2D eigenvalue weighted by atomic mass is 16.5. The van der Waals surface area contributed by atoms with Crippen molar-refractivity contribution in [2.45, 2.75) is 32.8 Å². The SMILES string of the molecule is CCC(CC1(C)CNC1)OC. The average molecular weight is 157 g/mol. The molecule has 1 heterocycles. The molecule has 11 heavy (non-hydrogen) atoms. The van der Waals surface area contributed by atoms with Crippen LogP contribution in [0, 0.1) is 5.41 Å². The van der Waals surface area contributed by atoms with E-state index >= 15 is 0 Å². The summed E-state index contributed by atoms with van der Waals surface area (Å²) < 4.78 is 5.34. The zero-order valence-electron chi connectivity index (χ0n) is 7.81. The minimum atomic E-state index is 0.460. The van der Waals surface area contributed by atoms with Gasteiger partial charge in [-0.1, -0.05) is 13.8 Å². The molecule has 1 saturated heterocycles. The first kappa shape index (κ1) is 9.01. The van der Waals surface area contributed by atoms with Crippen LogP contribution in [-0.4, -0.2) is 26.3 Å². The first-order valence-electron chi connectivity index (χ1n) is 4.44. The van der Waals surface area contributed by atoms with Crippen molar-refractivity contribution in [1.82, 2.24) is 5.32 Å². The maximum absolute atomic E-state index is 5.34. The maximum atomic E-state index is 5.34. The largest absolute Gasteiger partial charge is 0.381 e. The highest BCUT2D eigenvalue weighted by Crippen LogP contribution is 2.29. The van der Waals surface area contributed by atoms with Crippen LogP contribution in [0.2, 0.25) is 0 Å². The second kappa shape index (κ2) is 3.55. The lowest BCUT2D eigenvalue weighted by atomic mass is 9.78. The summed E-state index contributed by atoms with van der Waals surface area (Å²) in [6, 6.07) is 0. The smallest absolute Gasteiger partial charge is 0.0574 e. The summed E-state index contributed by atoms with van der Waals surface area (Å²) in [5.41, 5.74) is 0.511. The van der Waals surface area contributed by atoms with E-state index in [9.17, 15) is 0 Å². The molecule has 0 aromatic heterocycles. The van der Waals surface area contributed by atoms with Gasteiger partial charge in [0.15, 0.2) is 0 Å². The predicted octanol–water partition coefficient (Wildman–Crippen LogP) is 1.41. The standard InChI is InChI=1S/C9H19NO/c1-4-8(11-3)5-9(2)6-10-7-9/h8,10H,4-7H2,1-3H3. The molecule has 1 unspecified atom stereocenters. The van der Waals surface area contributed by atoms with Crippen molar-refractivity contribution in [2.24, 2.45) is 5.41 Å². The average Bonchev–Trinajstić information content (AvgIpc) is 1.97. The van der Waals surface area contributed by atoms with E-state index in [4.69, 9.17) is 4.74 Å². The van der Waals surface area contributed by atoms with Gasteiger partial charge in [-0.2, -0.15) is 0 Å². The molecular weight excluding hydrogens is 138 g/mol. The van der Waals surface area contributed by atoms with Crippen LogP contribution in [0.25, 0.3) is 0 Å². The molecule has 66 valence electrons. The van der Waals surface area contributed by atoms with E-state index in [1.807, 2.05) is 7.11 Å². The quantitative estimate of drug-likeness (QED) is 0.666. The minimum absolute atomic E-state index is 0.460. The first-order chi connectivity index (χ1) is 5.20. The molecular formula is C9H19NO. The number of methoxy groups -OCH3 is 1. The summed E-state index contributed by atoms with van der Waals surface area (Å²) in [6.07, 6.45) is 2.79. The lowest BCUT2D eigenvalue weighted by Crippen LogP contribution is -2.52. The van der Waals surface area contributed by atoms with Crippen LogP contribution in [0.3, 0.4) is 0 Å². The lowest BCUT2D eigenvalue weighted by molar-refractivity contribution is 0.0340. The third kappa shape index (κ3) is 2.17. The normalized spacial score (nSPS) is 24.3. The maximum Gasteiger partial charge on any atom is 0.0574 e. The zero-order valence-corrected chi connectivity index (χ0v) is 7.81. The molecule has 0 saturated carbocycles. The van der Waals surface area contributed by atoms with E-state index in [-0.39, 0.29) is 0 Å². The first-order valence-corrected chi connectivity index (χ1v) is 4.44. The van der Waals surface area contributed by atoms with Crippen LogP contribution in [0.15, 0.2) is 0 Å². The second-order valence-electron chi connectivity index (χ2n) is 3.88. The zero-order chi connectivity index (χ0) is 8.32. The molecule has 0 bridgehead atoms. The van der Waals surface area contributed by atoms with E-state index in [0.717, 1.165) is 19.5 Å². The minimum Gasteiger partial charge on any atom is -0.381 e. The van der Waals surface area contributed by atoms with Gasteiger partial charge in [0.2, 0.25) is 0 Å². The second-order valence-corrected chi connectivity index (χ2v) is 3.88. The number of rotatable bonds is 4. The predicted molar refractivity (Wildman–Crippen MR) is 46.7 cm³/mol. The van der Waals surface area contributed by atoms with Gasteiger partial charge in [-0.3, -0.25) is 0 Å². The Morgan fingerprint density at radius 1 is 1.55 bits per heavy atom. The van der Waals surface area contributed by atoms with Gasteiger partial charge in [-0.05, 0) is 18.3 Å². The summed E-state index contributed by atoms with van der Waals surface area (Å²) in [6.45, 7) is 6.83. The molecule has 0 aromatic rings. The summed E-state index contributed by atoms with van der Waals surface area (Å²) >= 11 is 0. The van der Waals surface area contributed by atoms with Crippen LogP contribution in [-0.2, 0) is 4.74 Å². The van der Waals surface area contributed by atoms with Crippen molar-refractivity contribution in [3.63, 3.8) is 0 Å². The highest BCUT2D eigenvalue weighted by Gasteiger charge is 2.33. The Morgan fingerprint density at radius 3 is 2.45 bits per heavy atom. The van der Waals surface area contributed by atoms with Gasteiger partial charge >= 0.3 is 0 Å². The fraction of sp³-hybridized carbons (Fsp3) is 1.00. The van der Waals surface area contributed by atoms with Gasteiger partial charge in [0.25, 0.3) is 0 Å². The Hall–Kier alpha value is -0.0800. The van der Waals surface area contributed by atoms with Gasteiger partial charge in [0.1, 0.15) is 0 Å². The molecule has 0 aromatic carbocycles. The van der Waals surface area contributed by atoms with Crippen LogP contribution in [0.1, 0.15) is 26.7 Å². The van der Waals surface area contributed by atoms with Gasteiger partial charge in [0.05, 0.1) is 6.10 Å². The van der Waals surface area contributed by atoms with Crippen LogP contribution in [0.5, 0.6) is 0 Å². The lowest BCUT2D eigenvalue weighted by Gasteiger charge is -2.41. The molecule has 1 aliphatic rings. The molecule has 1 fully saturated rings. The molecule has 2 heteroatoms. The number of hydrogen-bond donors (Lipinski definition) is 1. The molecule has 1 rings (SSSR count). The molecule has 1 atom stereocenters. The fourth-order valence-corrected chi connectivity index (χ4v) is 1.64. The van der Waals surface area contributed by atoms with Gasteiger partial charge in [-0.15, -0.1) is 0 Å². The summed E-state index contributed by atoms with van der Waals surface area (Å²) in [7, 11) is 1.81. The molecule has 0 spiro atoms. The molecule has 2 nitrogen and oxygen atoms in total. The molecule has 1 aliphatic heterocycles. The topological polar surface area (TPSA) is 21.3 Å². The highest BCUT2D eigenvalue weighted by molar-refractivity contribution is 4.89. The van der Waals surface area contributed by atoms with Gasteiger partial charge in [0, 0.05) is 20.2 Å². The fourth-order valence-electron chi connectivity index (χ4n) is 1.64. The molecule has 0 amide bonds. The third-order valence-corrected chi connectivity index (χ3v) is 2.61. The Labute approximate surface area is 69.3 Å². The van der Waals surface area contributed by atoms with Crippen LogP contribution < -0.4 is 5.32 Å². The van der Waals surface area contributed by atoms with E-state index < -0.39 is 0 Å². The van der Waals surface area contributed by atoms with Crippen molar-refractivity contribution in [3.05, 3.63) is 0 Å². The number of nitrogens with one attached hydrogen (secondary N) is 1. The van der Waals surface area contributed by atoms with Crippen molar-refractivity contribution in [3.8, 4) is 0 Å². The van der Waals surface area contributed by atoms with E-state index in [1.54, 1.807) is 0 Å². The van der Waals surface area contributed by atoms with E-state index in [2.05, 4.69) is 19.2 Å². The van der Waals surface area contributed by atoms with E-state index in [1.165, 1.54) is 6.42 Å². The van der Waals surface area contributed by atoms with Gasteiger partial charge < -0.3 is 10.1 Å². The van der Waals surface area contributed by atoms with Crippen molar-refractivity contribution >= 4 is 0 Å². The monoisotopic (exact) mass is 157 g/mol. The summed E-state index contributed by atoms with van der Waals surface area (Å²) in [5, 5.41) is 3.30. The Morgan fingerprint density at radius 2 is 2.18 bits per heavy atom. The summed E-state index contributed by atoms with van der Waals surface area (Å²) in [5.74, 6) is 0. The number of hydrogen-bond acceptors (Lipinski definition) is 2. The molecule has 0 aliphatic carbocycles. The van der Waals surface area contributed by atoms with Gasteiger partial charge in [-0.25, -0.2) is 0 Å². The Bertz CT molecular complexity index is 117. The van der Waals surface area contributed by atoms with Crippen LogP contribution >= 0.6 is 0 Å². The van der Waals surface area contributed by atoms with E-state index in [0.29, 0.717) is 11.5 Å². The molecule has 0 radical (unpaired) electrons. The Kier molecular flexibility index (Phi) is 2.90. The third-order valence-electron chi connectivity index (χ3n) is 2.61.